The molecule has 0 radical (unpaired) electrons. The number of pyridine rings is 1. The molecule has 5 heteroatoms. The van der Waals surface area contributed by atoms with E-state index in [9.17, 15) is 4.79 Å². The number of hydrogen-bond acceptors (Lipinski definition) is 3. The van der Waals surface area contributed by atoms with E-state index in [0.29, 0.717) is 11.5 Å². The summed E-state index contributed by atoms with van der Waals surface area (Å²) in [5, 5.41) is 0. The molecule has 0 aromatic carbocycles. The van der Waals surface area contributed by atoms with Crippen LogP contribution < -0.4 is 5.69 Å². The second kappa shape index (κ2) is 7.42. The molecule has 0 unspecified atom stereocenters. The Balaban J connectivity index is 1.44. The highest BCUT2D eigenvalue weighted by atomic mass is 16.5. The molecule has 2 aromatic heterocycles. The molecule has 0 atom stereocenters. The lowest BCUT2D eigenvalue weighted by Gasteiger charge is -2.45. The number of H-pyrrole nitrogens is 1. The van der Waals surface area contributed by atoms with Gasteiger partial charge in [0.2, 0.25) is 0 Å². The van der Waals surface area contributed by atoms with Gasteiger partial charge in [-0.25, -0.2) is 9.78 Å². The number of nitrogens with zero attached hydrogens (tertiary/aromatic N) is 2. The van der Waals surface area contributed by atoms with Gasteiger partial charge in [0.05, 0.1) is 11.6 Å². The molecule has 2 saturated carbocycles. The Morgan fingerprint density at radius 3 is 2.59 bits per heavy atom. The summed E-state index contributed by atoms with van der Waals surface area (Å²) in [5.74, 6) is 0.771. The molecule has 4 rings (SSSR count). The van der Waals surface area contributed by atoms with Gasteiger partial charge in [0.25, 0.3) is 0 Å². The zero-order valence-electron chi connectivity index (χ0n) is 17.0. The van der Waals surface area contributed by atoms with Gasteiger partial charge in [-0.15, -0.1) is 0 Å². The Hall–Kier alpha value is -1.62. The molecule has 0 spiro atoms. The average molecular weight is 372 g/mol. The van der Waals surface area contributed by atoms with Crippen molar-refractivity contribution in [2.24, 2.45) is 11.3 Å². The normalized spacial score (nSPS) is 32.0. The SMILES string of the molecule is CCO[C@H]1CC[C@](C)(C2CCC(n3c(=O)[nH]c4cc(C)cnc43)CC2)CC1. The van der Waals surface area contributed by atoms with E-state index in [1.165, 1.54) is 38.5 Å². The second-order valence-electron chi connectivity index (χ2n) is 9.00. The van der Waals surface area contributed by atoms with Crippen LogP contribution >= 0.6 is 0 Å². The number of fused-ring (bicyclic) bond motifs is 1. The molecule has 2 heterocycles. The van der Waals surface area contributed by atoms with Crippen molar-refractivity contribution >= 4 is 11.2 Å². The fourth-order valence-corrected chi connectivity index (χ4v) is 5.55. The van der Waals surface area contributed by atoms with E-state index in [2.05, 4.69) is 23.8 Å². The molecule has 0 bridgehead atoms. The van der Waals surface area contributed by atoms with Crippen LogP contribution in [0.2, 0.25) is 0 Å². The van der Waals surface area contributed by atoms with Gasteiger partial charge in [0.1, 0.15) is 0 Å². The topological polar surface area (TPSA) is 59.9 Å². The quantitative estimate of drug-likeness (QED) is 0.844. The number of aryl methyl sites for hydroxylation is 1. The van der Waals surface area contributed by atoms with Crippen molar-refractivity contribution in [1.82, 2.24) is 14.5 Å². The Bertz CT molecular complexity index is 837. The van der Waals surface area contributed by atoms with E-state index in [-0.39, 0.29) is 11.7 Å². The van der Waals surface area contributed by atoms with Crippen molar-refractivity contribution in [1.29, 1.82) is 0 Å². The highest BCUT2D eigenvalue weighted by Crippen LogP contribution is 2.49. The predicted octanol–water partition coefficient (Wildman–Crippen LogP) is 4.75. The Kier molecular flexibility index (Phi) is 5.15. The van der Waals surface area contributed by atoms with Crippen LogP contribution in [0.4, 0.5) is 0 Å². The number of imidazole rings is 1. The van der Waals surface area contributed by atoms with Gasteiger partial charge in [0.15, 0.2) is 5.65 Å². The summed E-state index contributed by atoms with van der Waals surface area (Å²) in [7, 11) is 0. The van der Waals surface area contributed by atoms with Gasteiger partial charge < -0.3 is 9.72 Å². The molecule has 148 valence electrons. The van der Waals surface area contributed by atoms with Crippen LogP contribution in [0.1, 0.15) is 76.8 Å². The maximum atomic E-state index is 12.5. The first-order chi connectivity index (χ1) is 13.0. The molecule has 0 saturated heterocycles. The van der Waals surface area contributed by atoms with Gasteiger partial charge in [-0.05, 0) is 88.2 Å². The van der Waals surface area contributed by atoms with E-state index >= 15 is 0 Å². The molecular weight excluding hydrogens is 338 g/mol. The molecule has 2 fully saturated rings. The number of aromatic nitrogens is 3. The van der Waals surface area contributed by atoms with Crippen LogP contribution in [-0.2, 0) is 4.74 Å². The minimum Gasteiger partial charge on any atom is -0.379 e. The lowest BCUT2D eigenvalue weighted by molar-refractivity contribution is -0.0192. The summed E-state index contributed by atoms with van der Waals surface area (Å²) < 4.78 is 7.76. The minimum atomic E-state index is -0.00464. The first-order valence-corrected chi connectivity index (χ1v) is 10.7. The summed E-state index contributed by atoms with van der Waals surface area (Å²) in [4.78, 5) is 20.1. The molecule has 0 aliphatic heterocycles. The third-order valence-electron chi connectivity index (χ3n) is 7.22. The molecule has 2 aliphatic carbocycles. The van der Waals surface area contributed by atoms with Gasteiger partial charge >= 0.3 is 5.69 Å². The standard InChI is InChI=1S/C22H33N3O2/c1-4-27-18-9-11-22(3,12-10-18)16-5-7-17(8-6-16)25-20-19(24-21(25)26)13-15(2)14-23-20/h13-14,16-18H,4-12H2,1-3H3,(H,24,26)/t16?,17?,18-,22-. The summed E-state index contributed by atoms with van der Waals surface area (Å²) in [6, 6.07) is 2.30. The molecular formula is C22H33N3O2. The van der Waals surface area contributed by atoms with Gasteiger partial charge in [-0.3, -0.25) is 4.57 Å². The maximum absolute atomic E-state index is 12.5. The Labute approximate surface area is 161 Å². The van der Waals surface area contributed by atoms with Crippen molar-refractivity contribution in [3.63, 3.8) is 0 Å². The largest absolute Gasteiger partial charge is 0.379 e. The number of ether oxygens (including phenoxy) is 1. The molecule has 1 N–H and O–H groups in total. The molecule has 5 nitrogen and oxygen atoms in total. The van der Waals surface area contributed by atoms with Crippen LogP contribution in [-0.4, -0.2) is 27.2 Å². The van der Waals surface area contributed by atoms with Crippen LogP contribution in [0.15, 0.2) is 17.1 Å². The minimum absolute atomic E-state index is 0.00464. The van der Waals surface area contributed by atoms with Crippen LogP contribution in [0.5, 0.6) is 0 Å². The predicted molar refractivity (Wildman–Crippen MR) is 108 cm³/mol. The number of aromatic amines is 1. The fourth-order valence-electron chi connectivity index (χ4n) is 5.55. The van der Waals surface area contributed by atoms with Gasteiger partial charge in [-0.1, -0.05) is 6.92 Å². The summed E-state index contributed by atoms with van der Waals surface area (Å²) in [6.45, 7) is 7.42. The van der Waals surface area contributed by atoms with E-state index < -0.39 is 0 Å². The summed E-state index contributed by atoms with van der Waals surface area (Å²) in [6.07, 6.45) is 11.9. The molecule has 0 amide bonds. The van der Waals surface area contributed by atoms with E-state index in [0.717, 1.165) is 42.1 Å². The third kappa shape index (κ3) is 3.58. The fraction of sp³-hybridized carbons (Fsp3) is 0.727. The first-order valence-electron chi connectivity index (χ1n) is 10.7. The van der Waals surface area contributed by atoms with Gasteiger partial charge in [-0.2, -0.15) is 0 Å². The number of rotatable bonds is 4. The number of hydrogen-bond donors (Lipinski definition) is 1. The van der Waals surface area contributed by atoms with Crippen LogP contribution in [0.25, 0.3) is 11.2 Å². The Morgan fingerprint density at radius 2 is 1.93 bits per heavy atom. The zero-order valence-corrected chi connectivity index (χ0v) is 17.0. The van der Waals surface area contributed by atoms with Crippen molar-refractivity contribution in [2.75, 3.05) is 6.61 Å². The van der Waals surface area contributed by atoms with E-state index in [1.807, 2.05) is 23.8 Å². The molecule has 2 aliphatic rings. The molecule has 2 aromatic rings. The zero-order chi connectivity index (χ0) is 19.0. The summed E-state index contributed by atoms with van der Waals surface area (Å²) in [5.41, 5.74) is 3.20. The molecule has 27 heavy (non-hydrogen) atoms. The van der Waals surface area contributed by atoms with Crippen molar-refractivity contribution in [2.45, 2.75) is 84.3 Å². The maximum Gasteiger partial charge on any atom is 0.327 e. The number of nitrogens with one attached hydrogen (secondary N) is 1. The van der Waals surface area contributed by atoms with Gasteiger partial charge in [0, 0.05) is 18.8 Å². The monoisotopic (exact) mass is 371 g/mol. The lowest BCUT2D eigenvalue weighted by atomic mass is 9.62. The lowest BCUT2D eigenvalue weighted by Crippen LogP contribution is -2.37. The second-order valence-corrected chi connectivity index (χ2v) is 9.00. The summed E-state index contributed by atoms with van der Waals surface area (Å²) >= 11 is 0. The van der Waals surface area contributed by atoms with E-state index in [4.69, 9.17) is 4.74 Å². The Morgan fingerprint density at radius 1 is 1.22 bits per heavy atom. The van der Waals surface area contributed by atoms with Crippen molar-refractivity contribution in [3.05, 3.63) is 28.3 Å². The van der Waals surface area contributed by atoms with Crippen LogP contribution in [0, 0.1) is 18.3 Å². The third-order valence-corrected chi connectivity index (χ3v) is 7.22. The van der Waals surface area contributed by atoms with Crippen LogP contribution in [0.3, 0.4) is 0 Å². The first kappa shape index (κ1) is 18.7. The van der Waals surface area contributed by atoms with E-state index in [1.54, 1.807) is 0 Å². The smallest absolute Gasteiger partial charge is 0.327 e. The highest BCUT2D eigenvalue weighted by molar-refractivity contribution is 5.71. The van der Waals surface area contributed by atoms with Crippen molar-refractivity contribution < 1.29 is 4.74 Å². The average Bonchev–Trinajstić information content (AvgIpc) is 2.99. The highest BCUT2D eigenvalue weighted by Gasteiger charge is 2.40. The van der Waals surface area contributed by atoms with Crippen molar-refractivity contribution in [3.8, 4) is 0 Å².